The summed E-state index contributed by atoms with van der Waals surface area (Å²) in [5.74, 6) is 2.18. The molecule has 37 heavy (non-hydrogen) atoms. The first-order valence-corrected chi connectivity index (χ1v) is 13.2. The van der Waals surface area contributed by atoms with Gasteiger partial charge in [-0.3, -0.25) is 9.47 Å². The Balaban J connectivity index is 1.70. The summed E-state index contributed by atoms with van der Waals surface area (Å²) in [6, 6.07) is 12.6. The fourth-order valence-corrected chi connectivity index (χ4v) is 5.50. The first kappa shape index (κ1) is 26.6. The number of aryl methyl sites for hydroxylation is 1. The van der Waals surface area contributed by atoms with Crippen molar-refractivity contribution >= 4 is 22.7 Å². The molecule has 2 aromatic heterocycles. The van der Waals surface area contributed by atoms with E-state index in [-0.39, 0.29) is 29.9 Å². The maximum Gasteiger partial charge on any atom is 0.350 e. The summed E-state index contributed by atoms with van der Waals surface area (Å²) in [5.41, 5.74) is 2.26. The van der Waals surface area contributed by atoms with Crippen LogP contribution < -0.4 is 15.3 Å². The van der Waals surface area contributed by atoms with Crippen molar-refractivity contribution in [3.63, 3.8) is 0 Å². The van der Waals surface area contributed by atoms with Crippen LogP contribution in [0.15, 0.2) is 41.2 Å². The molecule has 0 aliphatic carbocycles. The SMILES string of the molecule is [C-]#[N+]c1ccc2c(n1)c(N1C[C@@H](CC)N(C(c3ccc(OC(C)C)cc3)C(C)C)C[C@@H]1C)nc(=O)n2C. The Labute approximate surface area is 219 Å². The number of hydrogen-bond acceptors (Lipinski definition) is 6. The van der Waals surface area contributed by atoms with Gasteiger partial charge < -0.3 is 14.5 Å². The minimum Gasteiger partial charge on any atom is -0.491 e. The summed E-state index contributed by atoms with van der Waals surface area (Å²) in [6.45, 7) is 22.0. The van der Waals surface area contributed by atoms with E-state index in [2.05, 4.69) is 76.6 Å². The van der Waals surface area contributed by atoms with E-state index in [1.54, 1.807) is 19.2 Å². The van der Waals surface area contributed by atoms with Crippen LogP contribution >= 0.6 is 0 Å². The molecule has 8 heteroatoms. The molecule has 1 unspecified atom stereocenters. The van der Waals surface area contributed by atoms with Crippen LogP contribution in [0.5, 0.6) is 5.75 Å². The number of pyridine rings is 1. The van der Waals surface area contributed by atoms with Crippen LogP contribution in [-0.4, -0.2) is 50.7 Å². The average Bonchev–Trinajstić information content (AvgIpc) is 2.87. The zero-order chi connectivity index (χ0) is 26.9. The quantitative estimate of drug-likeness (QED) is 0.406. The number of rotatable bonds is 7. The van der Waals surface area contributed by atoms with Gasteiger partial charge in [0.25, 0.3) is 5.82 Å². The molecule has 1 aliphatic heterocycles. The van der Waals surface area contributed by atoms with Crippen LogP contribution in [0.4, 0.5) is 11.6 Å². The third-order valence-corrected chi connectivity index (χ3v) is 7.24. The average molecular weight is 503 g/mol. The highest BCUT2D eigenvalue weighted by molar-refractivity contribution is 5.87. The molecular weight excluding hydrogens is 464 g/mol. The first-order chi connectivity index (χ1) is 17.6. The summed E-state index contributed by atoms with van der Waals surface area (Å²) < 4.78 is 7.37. The molecule has 0 spiro atoms. The fraction of sp³-hybridized carbons (Fsp3) is 0.517. The van der Waals surface area contributed by atoms with E-state index >= 15 is 0 Å². The number of aromatic nitrogens is 3. The van der Waals surface area contributed by atoms with Gasteiger partial charge in [-0.25, -0.2) is 4.79 Å². The third kappa shape index (κ3) is 5.33. The number of benzene rings is 1. The van der Waals surface area contributed by atoms with Gasteiger partial charge in [-0.05, 0) is 62.9 Å². The normalized spacial score (nSPS) is 19.4. The molecule has 0 amide bonds. The maximum absolute atomic E-state index is 12.8. The Morgan fingerprint density at radius 2 is 1.78 bits per heavy atom. The Morgan fingerprint density at radius 1 is 1.08 bits per heavy atom. The van der Waals surface area contributed by atoms with Gasteiger partial charge in [-0.2, -0.15) is 4.98 Å². The highest BCUT2D eigenvalue weighted by Gasteiger charge is 2.38. The monoisotopic (exact) mass is 502 g/mol. The van der Waals surface area contributed by atoms with Crippen LogP contribution in [0.3, 0.4) is 0 Å². The van der Waals surface area contributed by atoms with Crippen molar-refractivity contribution in [2.45, 2.75) is 72.2 Å². The smallest absolute Gasteiger partial charge is 0.350 e. The Morgan fingerprint density at radius 3 is 2.38 bits per heavy atom. The Kier molecular flexibility index (Phi) is 7.84. The second-order valence-corrected chi connectivity index (χ2v) is 10.6. The second kappa shape index (κ2) is 10.9. The molecule has 3 heterocycles. The van der Waals surface area contributed by atoms with E-state index in [1.807, 2.05) is 13.8 Å². The van der Waals surface area contributed by atoms with Gasteiger partial charge in [0.15, 0.2) is 5.82 Å². The molecule has 8 nitrogen and oxygen atoms in total. The topological polar surface area (TPSA) is 67.9 Å². The summed E-state index contributed by atoms with van der Waals surface area (Å²) in [7, 11) is 1.70. The molecule has 1 fully saturated rings. The van der Waals surface area contributed by atoms with Gasteiger partial charge >= 0.3 is 5.69 Å². The van der Waals surface area contributed by atoms with Crippen LogP contribution in [-0.2, 0) is 7.05 Å². The van der Waals surface area contributed by atoms with Crippen molar-refractivity contribution < 1.29 is 4.74 Å². The maximum atomic E-state index is 12.8. The summed E-state index contributed by atoms with van der Waals surface area (Å²) in [5, 5.41) is 0. The lowest BCUT2D eigenvalue weighted by Crippen LogP contribution is -2.59. The van der Waals surface area contributed by atoms with Crippen molar-refractivity contribution in [3.8, 4) is 5.75 Å². The van der Waals surface area contributed by atoms with E-state index in [1.165, 1.54) is 10.1 Å². The summed E-state index contributed by atoms with van der Waals surface area (Å²) >= 11 is 0. The van der Waals surface area contributed by atoms with E-state index < -0.39 is 0 Å². The van der Waals surface area contributed by atoms with Gasteiger partial charge in [0.2, 0.25) is 5.52 Å². The number of nitrogens with zero attached hydrogens (tertiary/aromatic N) is 6. The van der Waals surface area contributed by atoms with Crippen molar-refractivity contribution in [1.29, 1.82) is 0 Å². The third-order valence-electron chi connectivity index (χ3n) is 7.24. The number of anilines is 1. The number of piperazine rings is 1. The Hall–Kier alpha value is -3.44. The largest absolute Gasteiger partial charge is 0.491 e. The molecule has 1 saturated heterocycles. The number of ether oxygens (including phenoxy) is 1. The molecule has 0 bridgehead atoms. The summed E-state index contributed by atoms with van der Waals surface area (Å²) in [6.07, 6.45) is 1.11. The van der Waals surface area contributed by atoms with Crippen molar-refractivity contribution in [1.82, 2.24) is 19.4 Å². The molecule has 0 N–H and O–H groups in total. The van der Waals surface area contributed by atoms with Crippen LogP contribution in [0.25, 0.3) is 15.9 Å². The lowest BCUT2D eigenvalue weighted by Gasteiger charge is -2.49. The van der Waals surface area contributed by atoms with Crippen molar-refractivity contribution in [2.75, 3.05) is 18.0 Å². The van der Waals surface area contributed by atoms with E-state index in [0.717, 1.165) is 25.3 Å². The first-order valence-electron chi connectivity index (χ1n) is 13.2. The molecule has 0 saturated carbocycles. The zero-order valence-electron chi connectivity index (χ0n) is 23.0. The second-order valence-electron chi connectivity index (χ2n) is 10.6. The molecule has 1 aromatic carbocycles. The highest BCUT2D eigenvalue weighted by atomic mass is 16.5. The molecule has 0 radical (unpaired) electrons. The van der Waals surface area contributed by atoms with Crippen LogP contribution in [0, 0.1) is 12.5 Å². The van der Waals surface area contributed by atoms with E-state index in [4.69, 9.17) is 11.3 Å². The zero-order valence-corrected chi connectivity index (χ0v) is 23.0. The molecule has 1 aliphatic rings. The van der Waals surface area contributed by atoms with Gasteiger partial charge in [-0.1, -0.05) is 39.5 Å². The van der Waals surface area contributed by atoms with Gasteiger partial charge in [0.05, 0.1) is 11.6 Å². The fourth-order valence-electron chi connectivity index (χ4n) is 5.50. The molecule has 3 atom stereocenters. The van der Waals surface area contributed by atoms with Crippen LogP contribution in [0.1, 0.15) is 59.6 Å². The highest BCUT2D eigenvalue weighted by Crippen LogP contribution is 2.37. The summed E-state index contributed by atoms with van der Waals surface area (Å²) in [4.78, 5) is 30.1. The number of hydrogen-bond donors (Lipinski definition) is 0. The lowest BCUT2D eigenvalue weighted by atomic mass is 9.90. The van der Waals surface area contributed by atoms with Crippen molar-refractivity contribution in [2.24, 2.45) is 13.0 Å². The minimum atomic E-state index is -0.314. The number of fused-ring (bicyclic) bond motifs is 1. The predicted molar refractivity (Wildman–Crippen MR) is 148 cm³/mol. The molecular formula is C29H38N6O2. The lowest BCUT2D eigenvalue weighted by molar-refractivity contribution is 0.0710. The standard InChI is InChI=1S/C29H38N6O2/c1-9-22-17-34(28-26-24(33(8)29(36)32-28)14-15-25(30-7)31-26)20(6)16-35(22)27(18(2)3)21-10-12-23(13-11-21)37-19(4)5/h10-15,18-20,22,27H,9,16-17H2,1-6,8H3/t20-,22+,27?/m0/s1. The molecule has 4 rings (SSSR count). The molecule has 196 valence electrons. The Bertz CT molecular complexity index is 1340. The van der Waals surface area contributed by atoms with Gasteiger partial charge in [0, 0.05) is 38.3 Å². The molecule has 3 aromatic rings. The van der Waals surface area contributed by atoms with Gasteiger partial charge in [0.1, 0.15) is 5.75 Å². The van der Waals surface area contributed by atoms with E-state index in [9.17, 15) is 4.79 Å². The van der Waals surface area contributed by atoms with Gasteiger partial charge in [-0.15, -0.1) is 4.98 Å². The predicted octanol–water partition coefficient (Wildman–Crippen LogP) is 5.35. The van der Waals surface area contributed by atoms with Crippen LogP contribution in [0.2, 0.25) is 0 Å². The minimum absolute atomic E-state index is 0.105. The van der Waals surface area contributed by atoms with E-state index in [0.29, 0.717) is 28.6 Å². The van der Waals surface area contributed by atoms with Crippen molar-refractivity contribution in [3.05, 3.63) is 63.9 Å².